The average Bonchev–Trinajstić information content (AvgIpc) is 3.13. The van der Waals surface area contributed by atoms with Crippen LogP contribution < -0.4 is 4.74 Å². The van der Waals surface area contributed by atoms with E-state index in [0.717, 1.165) is 44.3 Å². The second kappa shape index (κ2) is 10.2. The molecular weight excluding hydrogens is 436 g/mol. The summed E-state index contributed by atoms with van der Waals surface area (Å²) in [4.78, 5) is 25.0. The first-order valence-electron chi connectivity index (χ1n) is 13.5. The monoisotopic (exact) mass is 474 g/mol. The summed E-state index contributed by atoms with van der Waals surface area (Å²) in [5.41, 5.74) is 3.88. The first kappa shape index (κ1) is 24.1. The quantitative estimate of drug-likeness (QED) is 0.402. The third-order valence-corrected chi connectivity index (χ3v) is 9.05. The topological polar surface area (TPSA) is 52.6 Å². The summed E-state index contributed by atoms with van der Waals surface area (Å²) in [6.45, 7) is 5.10. The molecule has 5 rings (SSSR count). The largest absolute Gasteiger partial charge is 0.489 e. The van der Waals surface area contributed by atoms with Crippen molar-refractivity contribution in [3.8, 4) is 5.75 Å². The van der Waals surface area contributed by atoms with Crippen LogP contribution in [0.2, 0.25) is 0 Å². The van der Waals surface area contributed by atoms with Crippen LogP contribution in [-0.4, -0.2) is 18.4 Å². The van der Waals surface area contributed by atoms with Crippen molar-refractivity contribution in [3.63, 3.8) is 0 Å². The van der Waals surface area contributed by atoms with Gasteiger partial charge in [-0.15, -0.1) is 0 Å². The van der Waals surface area contributed by atoms with Crippen LogP contribution in [-0.2, 0) is 27.4 Å². The fraction of sp³-hybridized carbons (Fsp3) is 0.548. The van der Waals surface area contributed by atoms with E-state index in [4.69, 9.17) is 9.47 Å². The van der Waals surface area contributed by atoms with Gasteiger partial charge >= 0.3 is 5.97 Å². The van der Waals surface area contributed by atoms with Gasteiger partial charge in [-0.3, -0.25) is 9.59 Å². The van der Waals surface area contributed by atoms with Crippen LogP contribution in [0.15, 0.2) is 48.5 Å². The minimum atomic E-state index is -0.188. The minimum absolute atomic E-state index is 0.113. The molecule has 2 fully saturated rings. The third-order valence-electron chi connectivity index (χ3n) is 9.05. The molecule has 4 nitrogen and oxygen atoms in total. The van der Waals surface area contributed by atoms with Gasteiger partial charge in [-0.25, -0.2) is 0 Å². The standard InChI is InChI=1S/C31H38O4/c1-3-34-29(33)11-7-10-23-19-28(32)31(2)17-16-26-25-15-13-24(35-20-21-8-5-4-6-9-21)18-22(25)12-14-27(26)30(23)31/h4-6,8-9,13,15,18,23,26-27,30H,3,7,10-12,14,16-17,19-20H2,1-2H3/t23?,26?,27?,30?,31-/m1/s1. The zero-order valence-electron chi connectivity index (χ0n) is 21.1. The van der Waals surface area contributed by atoms with Gasteiger partial charge in [-0.1, -0.05) is 43.3 Å². The molecule has 4 heteroatoms. The van der Waals surface area contributed by atoms with Crippen molar-refractivity contribution < 1.29 is 19.1 Å². The number of benzene rings is 2. The fourth-order valence-electron chi connectivity index (χ4n) is 7.46. The lowest BCUT2D eigenvalue weighted by atomic mass is 9.54. The Kier molecular flexibility index (Phi) is 7.00. The first-order chi connectivity index (χ1) is 17.0. The summed E-state index contributed by atoms with van der Waals surface area (Å²) in [5.74, 6) is 3.19. The number of Topliss-reactive ketones (excluding diaryl/α,β-unsaturated/α-hetero) is 1. The lowest BCUT2D eigenvalue weighted by Crippen LogP contribution is -2.44. The number of carbonyl (C=O) groups is 2. The number of hydrogen-bond donors (Lipinski definition) is 0. The number of ether oxygens (including phenoxy) is 2. The van der Waals surface area contributed by atoms with Crippen molar-refractivity contribution >= 4 is 11.8 Å². The number of carbonyl (C=O) groups excluding carboxylic acids is 2. The molecule has 0 bridgehead atoms. The first-order valence-corrected chi connectivity index (χ1v) is 13.5. The van der Waals surface area contributed by atoms with E-state index in [1.807, 2.05) is 25.1 Å². The van der Waals surface area contributed by atoms with Crippen molar-refractivity contribution in [3.05, 3.63) is 65.2 Å². The molecule has 0 spiro atoms. The summed E-state index contributed by atoms with van der Waals surface area (Å²) in [6, 6.07) is 17.0. The summed E-state index contributed by atoms with van der Waals surface area (Å²) in [5, 5.41) is 0. The van der Waals surface area contributed by atoms with Crippen molar-refractivity contribution in [1.82, 2.24) is 0 Å². The Morgan fingerprint density at radius 1 is 1.11 bits per heavy atom. The molecule has 5 atom stereocenters. The predicted molar refractivity (Wildman–Crippen MR) is 136 cm³/mol. The van der Waals surface area contributed by atoms with E-state index >= 15 is 0 Å². The third kappa shape index (κ3) is 4.77. The number of rotatable bonds is 8. The molecule has 2 aromatic rings. The van der Waals surface area contributed by atoms with E-state index in [0.29, 0.717) is 55.5 Å². The van der Waals surface area contributed by atoms with Gasteiger partial charge in [0.05, 0.1) is 6.61 Å². The van der Waals surface area contributed by atoms with Crippen LogP contribution in [0.25, 0.3) is 0 Å². The Balaban J connectivity index is 1.29. The van der Waals surface area contributed by atoms with Crippen LogP contribution in [0.1, 0.15) is 81.4 Å². The van der Waals surface area contributed by atoms with Gasteiger partial charge in [0, 0.05) is 18.3 Å². The van der Waals surface area contributed by atoms with Crippen molar-refractivity contribution in [1.29, 1.82) is 0 Å². The molecule has 0 heterocycles. The summed E-state index contributed by atoms with van der Waals surface area (Å²) < 4.78 is 11.2. The number of hydrogen-bond acceptors (Lipinski definition) is 4. The molecule has 186 valence electrons. The molecule has 4 unspecified atom stereocenters. The molecule has 0 amide bonds. The Morgan fingerprint density at radius 2 is 1.94 bits per heavy atom. The number of esters is 1. The molecule has 2 aromatic carbocycles. The van der Waals surface area contributed by atoms with Crippen LogP contribution >= 0.6 is 0 Å². The van der Waals surface area contributed by atoms with E-state index < -0.39 is 0 Å². The Bertz CT molecular complexity index is 1060. The molecule has 3 aliphatic carbocycles. The van der Waals surface area contributed by atoms with E-state index in [2.05, 4.69) is 37.3 Å². The second-order valence-corrected chi connectivity index (χ2v) is 11.0. The number of ketones is 1. The van der Waals surface area contributed by atoms with Crippen molar-refractivity contribution in [2.24, 2.45) is 23.2 Å². The normalized spacial score (nSPS) is 29.1. The van der Waals surface area contributed by atoms with Gasteiger partial charge < -0.3 is 9.47 Å². The van der Waals surface area contributed by atoms with Gasteiger partial charge in [0.15, 0.2) is 0 Å². The van der Waals surface area contributed by atoms with Gasteiger partial charge in [0.1, 0.15) is 18.1 Å². The lowest BCUT2D eigenvalue weighted by molar-refractivity contribution is -0.143. The van der Waals surface area contributed by atoms with Gasteiger partial charge in [0.2, 0.25) is 0 Å². The van der Waals surface area contributed by atoms with Gasteiger partial charge in [0.25, 0.3) is 0 Å². The molecule has 0 radical (unpaired) electrons. The summed E-state index contributed by atoms with van der Waals surface area (Å²) in [6.07, 6.45) is 7.19. The van der Waals surface area contributed by atoms with Crippen LogP contribution in [0.4, 0.5) is 0 Å². The highest BCUT2D eigenvalue weighted by Crippen LogP contribution is 2.62. The Morgan fingerprint density at radius 3 is 2.74 bits per heavy atom. The van der Waals surface area contributed by atoms with E-state index in [-0.39, 0.29) is 11.4 Å². The number of aryl methyl sites for hydroxylation is 1. The van der Waals surface area contributed by atoms with E-state index in [1.165, 1.54) is 16.7 Å². The predicted octanol–water partition coefficient (Wildman–Crippen LogP) is 6.65. The molecule has 3 aliphatic rings. The molecule has 0 saturated heterocycles. The van der Waals surface area contributed by atoms with Crippen LogP contribution in [0, 0.1) is 23.2 Å². The molecule has 2 saturated carbocycles. The fourth-order valence-corrected chi connectivity index (χ4v) is 7.46. The Labute approximate surface area is 209 Å². The van der Waals surface area contributed by atoms with Gasteiger partial charge in [-0.05, 0) is 97.9 Å². The minimum Gasteiger partial charge on any atom is -0.489 e. The van der Waals surface area contributed by atoms with Crippen molar-refractivity contribution in [2.75, 3.05) is 6.61 Å². The zero-order chi connectivity index (χ0) is 24.4. The zero-order valence-corrected chi connectivity index (χ0v) is 21.1. The second-order valence-electron chi connectivity index (χ2n) is 11.0. The maximum Gasteiger partial charge on any atom is 0.305 e. The van der Waals surface area contributed by atoms with Crippen LogP contribution in [0.3, 0.4) is 0 Å². The average molecular weight is 475 g/mol. The molecular formula is C31H38O4. The molecule has 0 N–H and O–H groups in total. The highest BCUT2D eigenvalue weighted by Gasteiger charge is 2.58. The van der Waals surface area contributed by atoms with E-state index in [9.17, 15) is 9.59 Å². The summed E-state index contributed by atoms with van der Waals surface area (Å²) in [7, 11) is 0. The SMILES string of the molecule is CCOC(=O)CCCC1CC(=O)[C@@]2(C)CCC3c4ccc(OCc5ccccc5)cc4CCC3C12. The van der Waals surface area contributed by atoms with E-state index in [1.54, 1.807) is 0 Å². The van der Waals surface area contributed by atoms with Crippen molar-refractivity contribution in [2.45, 2.75) is 77.7 Å². The molecule has 35 heavy (non-hydrogen) atoms. The molecule has 0 aliphatic heterocycles. The maximum absolute atomic E-state index is 13.2. The maximum atomic E-state index is 13.2. The molecule has 0 aromatic heterocycles. The lowest BCUT2D eigenvalue weighted by Gasteiger charge is -2.50. The Hall–Kier alpha value is -2.62. The number of fused-ring (bicyclic) bond motifs is 5. The summed E-state index contributed by atoms with van der Waals surface area (Å²) >= 11 is 0. The van der Waals surface area contributed by atoms with Crippen LogP contribution in [0.5, 0.6) is 5.75 Å². The van der Waals surface area contributed by atoms with Gasteiger partial charge in [-0.2, -0.15) is 0 Å². The highest BCUT2D eigenvalue weighted by molar-refractivity contribution is 5.87. The highest BCUT2D eigenvalue weighted by atomic mass is 16.5. The smallest absolute Gasteiger partial charge is 0.305 e.